The third kappa shape index (κ3) is 4.49. The van der Waals surface area contributed by atoms with Crippen molar-refractivity contribution in [2.24, 2.45) is 0 Å². The molecule has 0 bridgehead atoms. The summed E-state index contributed by atoms with van der Waals surface area (Å²) in [7, 11) is 0. The molecule has 0 spiro atoms. The second-order valence-corrected chi connectivity index (χ2v) is 4.86. The predicted molar refractivity (Wildman–Crippen MR) is 82.2 cm³/mol. The molecule has 2 rings (SSSR count). The van der Waals surface area contributed by atoms with Crippen molar-refractivity contribution >= 4 is 0 Å². The van der Waals surface area contributed by atoms with Crippen LogP contribution in [0, 0.1) is 0 Å². The molecular formula is C16H22N4O. The number of pyridine rings is 1. The summed E-state index contributed by atoms with van der Waals surface area (Å²) in [5.41, 5.74) is 2.09. The van der Waals surface area contributed by atoms with E-state index in [0.717, 1.165) is 36.3 Å². The monoisotopic (exact) mass is 286 g/mol. The molecule has 2 aromatic heterocycles. The summed E-state index contributed by atoms with van der Waals surface area (Å²) < 4.78 is 5.66. The zero-order valence-electron chi connectivity index (χ0n) is 12.6. The van der Waals surface area contributed by atoms with Crippen molar-refractivity contribution in [3.8, 4) is 5.75 Å². The van der Waals surface area contributed by atoms with E-state index in [-0.39, 0.29) is 6.04 Å². The van der Waals surface area contributed by atoms with Gasteiger partial charge in [-0.3, -0.25) is 4.98 Å². The standard InChI is InChI=1S/C16H22N4O/c1-3-5-20-16(14-9-18-12-19-10-14)13-7-15(11-17-8-13)21-6-4-2/h7-12,16,20H,3-6H2,1-2H3. The Kier molecular flexibility index (Phi) is 6.09. The van der Waals surface area contributed by atoms with Gasteiger partial charge in [-0.2, -0.15) is 0 Å². The smallest absolute Gasteiger partial charge is 0.137 e. The lowest BCUT2D eigenvalue weighted by Crippen LogP contribution is -2.23. The SMILES string of the molecule is CCCNC(c1cncnc1)c1cncc(OCCC)c1. The van der Waals surface area contributed by atoms with E-state index in [2.05, 4.69) is 34.1 Å². The number of aromatic nitrogens is 3. The van der Waals surface area contributed by atoms with E-state index in [0.29, 0.717) is 6.61 Å². The van der Waals surface area contributed by atoms with Crippen LogP contribution in [0.5, 0.6) is 5.75 Å². The van der Waals surface area contributed by atoms with Crippen molar-refractivity contribution in [1.82, 2.24) is 20.3 Å². The molecule has 0 aliphatic rings. The van der Waals surface area contributed by atoms with E-state index in [9.17, 15) is 0 Å². The van der Waals surface area contributed by atoms with E-state index in [1.807, 2.05) is 24.7 Å². The molecule has 5 nitrogen and oxygen atoms in total. The van der Waals surface area contributed by atoms with Crippen LogP contribution in [0.1, 0.15) is 43.9 Å². The molecule has 0 aliphatic carbocycles. The van der Waals surface area contributed by atoms with Crippen LogP contribution in [-0.4, -0.2) is 28.1 Å². The van der Waals surface area contributed by atoms with Gasteiger partial charge < -0.3 is 10.1 Å². The van der Waals surface area contributed by atoms with Gasteiger partial charge in [0.2, 0.25) is 0 Å². The maximum atomic E-state index is 5.66. The fourth-order valence-electron chi connectivity index (χ4n) is 2.07. The highest BCUT2D eigenvalue weighted by atomic mass is 16.5. The van der Waals surface area contributed by atoms with Gasteiger partial charge in [0, 0.05) is 24.2 Å². The zero-order chi connectivity index (χ0) is 14.9. The van der Waals surface area contributed by atoms with Crippen molar-refractivity contribution in [2.45, 2.75) is 32.7 Å². The van der Waals surface area contributed by atoms with E-state index in [4.69, 9.17) is 4.74 Å². The number of nitrogens with zero attached hydrogens (tertiary/aromatic N) is 3. The average Bonchev–Trinajstić information content (AvgIpc) is 2.55. The molecule has 2 heterocycles. The quantitative estimate of drug-likeness (QED) is 0.808. The molecule has 21 heavy (non-hydrogen) atoms. The Morgan fingerprint density at radius 3 is 2.48 bits per heavy atom. The third-order valence-corrected chi connectivity index (χ3v) is 3.05. The Hall–Kier alpha value is -2.01. The molecule has 1 atom stereocenters. The molecule has 0 amide bonds. The van der Waals surface area contributed by atoms with E-state index in [1.165, 1.54) is 0 Å². The fourth-order valence-corrected chi connectivity index (χ4v) is 2.07. The first-order valence-electron chi connectivity index (χ1n) is 7.41. The number of hydrogen-bond donors (Lipinski definition) is 1. The van der Waals surface area contributed by atoms with Crippen LogP contribution in [-0.2, 0) is 0 Å². The van der Waals surface area contributed by atoms with Gasteiger partial charge in [0.25, 0.3) is 0 Å². The Balaban J connectivity index is 2.23. The highest BCUT2D eigenvalue weighted by Crippen LogP contribution is 2.23. The van der Waals surface area contributed by atoms with Gasteiger partial charge in [0.15, 0.2) is 0 Å². The van der Waals surface area contributed by atoms with Gasteiger partial charge in [-0.05, 0) is 31.0 Å². The molecule has 0 aromatic carbocycles. The predicted octanol–water partition coefficient (Wildman–Crippen LogP) is 2.75. The first kappa shape index (κ1) is 15.4. The molecule has 0 radical (unpaired) electrons. The van der Waals surface area contributed by atoms with Crippen LogP contribution in [0.2, 0.25) is 0 Å². The Morgan fingerprint density at radius 1 is 1.00 bits per heavy atom. The number of ether oxygens (including phenoxy) is 1. The minimum atomic E-state index is 0.0313. The van der Waals surface area contributed by atoms with Crippen LogP contribution >= 0.6 is 0 Å². The summed E-state index contributed by atoms with van der Waals surface area (Å²) in [6, 6.07) is 2.06. The maximum absolute atomic E-state index is 5.66. The largest absolute Gasteiger partial charge is 0.492 e. The molecule has 112 valence electrons. The number of nitrogens with one attached hydrogen (secondary N) is 1. The van der Waals surface area contributed by atoms with E-state index >= 15 is 0 Å². The van der Waals surface area contributed by atoms with E-state index in [1.54, 1.807) is 12.5 Å². The molecular weight excluding hydrogens is 264 g/mol. The molecule has 0 aliphatic heterocycles. The van der Waals surface area contributed by atoms with Gasteiger partial charge in [0.05, 0.1) is 18.8 Å². The second-order valence-electron chi connectivity index (χ2n) is 4.86. The average molecular weight is 286 g/mol. The zero-order valence-corrected chi connectivity index (χ0v) is 12.6. The third-order valence-electron chi connectivity index (χ3n) is 3.05. The van der Waals surface area contributed by atoms with Gasteiger partial charge in [-0.15, -0.1) is 0 Å². The molecule has 2 aromatic rings. The Bertz CT molecular complexity index is 533. The van der Waals surface area contributed by atoms with Crippen molar-refractivity contribution in [2.75, 3.05) is 13.2 Å². The topological polar surface area (TPSA) is 59.9 Å². The lowest BCUT2D eigenvalue weighted by atomic mass is 10.0. The summed E-state index contributed by atoms with van der Waals surface area (Å²) >= 11 is 0. The summed E-state index contributed by atoms with van der Waals surface area (Å²) in [5, 5.41) is 3.51. The van der Waals surface area contributed by atoms with Gasteiger partial charge >= 0.3 is 0 Å². The van der Waals surface area contributed by atoms with Crippen molar-refractivity contribution in [3.63, 3.8) is 0 Å². The summed E-state index contributed by atoms with van der Waals surface area (Å²) in [4.78, 5) is 12.5. The van der Waals surface area contributed by atoms with Crippen LogP contribution < -0.4 is 10.1 Å². The van der Waals surface area contributed by atoms with Crippen molar-refractivity contribution < 1.29 is 4.74 Å². The van der Waals surface area contributed by atoms with Gasteiger partial charge in [-0.1, -0.05) is 13.8 Å². The lowest BCUT2D eigenvalue weighted by Gasteiger charge is -2.19. The Morgan fingerprint density at radius 2 is 1.76 bits per heavy atom. The Labute approximate surface area is 125 Å². The first-order valence-corrected chi connectivity index (χ1v) is 7.41. The minimum Gasteiger partial charge on any atom is -0.492 e. The number of hydrogen-bond acceptors (Lipinski definition) is 5. The second kappa shape index (κ2) is 8.32. The maximum Gasteiger partial charge on any atom is 0.137 e. The summed E-state index contributed by atoms with van der Waals surface area (Å²) in [6.07, 6.45) is 10.9. The van der Waals surface area contributed by atoms with Crippen LogP contribution in [0.15, 0.2) is 37.2 Å². The molecule has 1 N–H and O–H groups in total. The van der Waals surface area contributed by atoms with Crippen LogP contribution in [0.4, 0.5) is 0 Å². The first-order chi connectivity index (χ1) is 10.3. The molecule has 1 unspecified atom stereocenters. The summed E-state index contributed by atoms with van der Waals surface area (Å²) in [6.45, 7) is 5.85. The molecule has 0 fully saturated rings. The van der Waals surface area contributed by atoms with Gasteiger partial charge in [-0.25, -0.2) is 9.97 Å². The molecule has 0 saturated carbocycles. The van der Waals surface area contributed by atoms with E-state index < -0.39 is 0 Å². The van der Waals surface area contributed by atoms with Crippen molar-refractivity contribution in [3.05, 3.63) is 48.3 Å². The molecule has 5 heteroatoms. The highest BCUT2D eigenvalue weighted by molar-refractivity contribution is 5.32. The molecule has 0 saturated heterocycles. The lowest BCUT2D eigenvalue weighted by molar-refractivity contribution is 0.315. The normalized spacial score (nSPS) is 12.1. The van der Waals surface area contributed by atoms with Crippen LogP contribution in [0.25, 0.3) is 0 Å². The highest BCUT2D eigenvalue weighted by Gasteiger charge is 2.15. The van der Waals surface area contributed by atoms with Crippen LogP contribution in [0.3, 0.4) is 0 Å². The number of rotatable bonds is 8. The fraction of sp³-hybridized carbons (Fsp3) is 0.438. The minimum absolute atomic E-state index is 0.0313. The van der Waals surface area contributed by atoms with Crippen molar-refractivity contribution in [1.29, 1.82) is 0 Å². The van der Waals surface area contributed by atoms with Gasteiger partial charge in [0.1, 0.15) is 12.1 Å². The summed E-state index contributed by atoms with van der Waals surface area (Å²) in [5.74, 6) is 0.800.